The van der Waals surface area contributed by atoms with E-state index in [0.717, 1.165) is 5.56 Å². The largest absolute Gasteiger partial charge is 0.350 e. The summed E-state index contributed by atoms with van der Waals surface area (Å²) in [5.41, 5.74) is 2.02. The third kappa shape index (κ3) is 3.09. The average Bonchev–Trinajstić information content (AvgIpc) is 3.02. The lowest BCUT2D eigenvalue weighted by Gasteiger charge is -2.26. The Labute approximate surface area is 150 Å². The van der Waals surface area contributed by atoms with Crippen molar-refractivity contribution in [2.24, 2.45) is 0 Å². The number of hydrogen-bond acceptors (Lipinski definition) is 1. The Morgan fingerprint density at radius 1 is 1.15 bits per heavy atom. The van der Waals surface area contributed by atoms with E-state index in [1.165, 1.54) is 6.07 Å². The summed E-state index contributed by atoms with van der Waals surface area (Å²) < 4.78 is 31.7. The van der Waals surface area contributed by atoms with Gasteiger partial charge >= 0.3 is 0 Å². The summed E-state index contributed by atoms with van der Waals surface area (Å²) in [4.78, 5) is 11.6. The maximum absolute atomic E-state index is 15.3. The number of carbonyl (C=O) groups excluding carboxylic acids is 1. The second-order valence-corrected chi connectivity index (χ2v) is 6.80. The molecule has 26 heavy (non-hydrogen) atoms. The van der Waals surface area contributed by atoms with Crippen LogP contribution in [0.15, 0.2) is 54.7 Å². The zero-order valence-corrected chi connectivity index (χ0v) is 14.3. The maximum Gasteiger partial charge on any atom is 0.220 e. The van der Waals surface area contributed by atoms with Crippen LogP contribution in [0.4, 0.5) is 8.78 Å². The molecule has 134 valence electrons. The van der Waals surface area contributed by atoms with E-state index in [0.29, 0.717) is 42.3 Å². The topological polar surface area (TPSA) is 34.0 Å². The lowest BCUT2D eigenvalue weighted by molar-refractivity contribution is -0.124. The van der Waals surface area contributed by atoms with Crippen molar-refractivity contribution < 1.29 is 13.6 Å². The van der Waals surface area contributed by atoms with Crippen molar-refractivity contribution in [3.63, 3.8) is 0 Å². The quantitative estimate of drug-likeness (QED) is 0.735. The Hall–Kier alpha value is -2.69. The van der Waals surface area contributed by atoms with Crippen molar-refractivity contribution in [3.05, 3.63) is 71.7 Å². The number of piperidine rings is 1. The van der Waals surface area contributed by atoms with Gasteiger partial charge in [-0.3, -0.25) is 4.79 Å². The van der Waals surface area contributed by atoms with Crippen molar-refractivity contribution in [3.8, 4) is 0 Å². The van der Waals surface area contributed by atoms with Crippen LogP contribution in [0.5, 0.6) is 0 Å². The van der Waals surface area contributed by atoms with Crippen molar-refractivity contribution in [1.82, 2.24) is 9.88 Å². The number of halogens is 2. The second kappa shape index (κ2) is 6.90. The molecule has 2 unspecified atom stereocenters. The highest BCUT2D eigenvalue weighted by Crippen LogP contribution is 2.35. The van der Waals surface area contributed by atoms with Crippen molar-refractivity contribution in [2.45, 2.75) is 38.0 Å². The number of alkyl halides is 1. The van der Waals surface area contributed by atoms with E-state index in [9.17, 15) is 9.18 Å². The Morgan fingerprint density at radius 3 is 2.73 bits per heavy atom. The number of nitrogens with zero attached hydrogens (tertiary/aromatic N) is 1. The molecule has 2 aromatic carbocycles. The fraction of sp³-hybridized carbons (Fsp3) is 0.286. The van der Waals surface area contributed by atoms with Gasteiger partial charge in [0.05, 0.1) is 11.6 Å². The average molecular weight is 354 g/mol. The number of nitrogens with one attached hydrogen (secondary N) is 1. The van der Waals surface area contributed by atoms with Crippen molar-refractivity contribution >= 4 is 16.8 Å². The number of aromatic nitrogens is 1. The van der Waals surface area contributed by atoms with Gasteiger partial charge in [0.15, 0.2) is 0 Å². The SMILES string of the molecule is O=C1CCCC(C(F)c2cn(Cc3ccccc3)c3cccc(F)c23)N1. The number of carbonyl (C=O) groups is 1. The molecule has 5 heteroatoms. The van der Waals surface area contributed by atoms with Gasteiger partial charge in [-0.2, -0.15) is 0 Å². The first-order valence-corrected chi connectivity index (χ1v) is 8.88. The minimum atomic E-state index is -1.43. The summed E-state index contributed by atoms with van der Waals surface area (Å²) in [5.74, 6) is -0.577. The van der Waals surface area contributed by atoms with Gasteiger partial charge in [0.1, 0.15) is 12.0 Å². The molecule has 1 aliphatic heterocycles. The summed E-state index contributed by atoms with van der Waals surface area (Å²) in [7, 11) is 0. The molecular weight excluding hydrogens is 334 g/mol. The maximum atomic E-state index is 15.3. The Kier molecular flexibility index (Phi) is 4.45. The standard InChI is InChI=1S/C21H20F2N2O/c22-16-8-4-10-18-20(16)15(21(23)17-9-5-11-19(26)24-17)13-25(18)12-14-6-2-1-3-7-14/h1-4,6-8,10,13,17,21H,5,9,11-12H2,(H,24,26). The monoisotopic (exact) mass is 354 g/mol. The smallest absolute Gasteiger partial charge is 0.220 e. The molecule has 0 spiro atoms. The van der Waals surface area contributed by atoms with E-state index >= 15 is 4.39 Å². The highest BCUT2D eigenvalue weighted by molar-refractivity contribution is 5.85. The number of hydrogen-bond donors (Lipinski definition) is 1. The van der Waals surface area contributed by atoms with Crippen molar-refractivity contribution in [2.75, 3.05) is 0 Å². The first-order chi connectivity index (χ1) is 12.6. The molecular formula is C21H20F2N2O. The summed E-state index contributed by atoms with van der Waals surface area (Å²) >= 11 is 0. The van der Waals surface area contributed by atoms with Gasteiger partial charge in [-0.25, -0.2) is 8.78 Å². The Morgan fingerprint density at radius 2 is 1.96 bits per heavy atom. The zero-order valence-electron chi connectivity index (χ0n) is 14.3. The zero-order chi connectivity index (χ0) is 18.1. The number of fused-ring (bicyclic) bond motifs is 1. The lowest BCUT2D eigenvalue weighted by atomic mass is 9.95. The molecule has 0 bridgehead atoms. The molecule has 0 radical (unpaired) electrons. The fourth-order valence-corrected chi connectivity index (χ4v) is 3.73. The van der Waals surface area contributed by atoms with Gasteiger partial charge in [0, 0.05) is 30.1 Å². The molecule has 2 atom stereocenters. The van der Waals surface area contributed by atoms with Gasteiger partial charge in [-0.05, 0) is 30.5 Å². The number of amides is 1. The minimum absolute atomic E-state index is 0.141. The first-order valence-electron chi connectivity index (χ1n) is 8.88. The third-order valence-corrected chi connectivity index (χ3v) is 5.00. The predicted octanol–water partition coefficient (Wildman–Crippen LogP) is 4.51. The minimum Gasteiger partial charge on any atom is -0.350 e. The molecule has 3 nitrogen and oxygen atoms in total. The molecule has 1 amide bonds. The highest BCUT2D eigenvalue weighted by Gasteiger charge is 2.30. The molecule has 0 saturated carbocycles. The van der Waals surface area contributed by atoms with E-state index in [1.807, 2.05) is 34.9 Å². The number of rotatable bonds is 4. The first kappa shape index (κ1) is 16.8. The summed E-state index contributed by atoms with van der Waals surface area (Å²) in [6.07, 6.45) is 1.89. The van der Waals surface area contributed by atoms with Crippen LogP contribution in [-0.2, 0) is 11.3 Å². The molecule has 1 fully saturated rings. The van der Waals surface area contributed by atoms with Crippen LogP contribution in [0.1, 0.15) is 36.6 Å². The van der Waals surface area contributed by atoms with Crippen LogP contribution in [0.25, 0.3) is 10.9 Å². The number of benzene rings is 2. The predicted molar refractivity (Wildman–Crippen MR) is 97.1 cm³/mol. The second-order valence-electron chi connectivity index (χ2n) is 6.80. The molecule has 1 saturated heterocycles. The van der Waals surface area contributed by atoms with Gasteiger partial charge in [0.2, 0.25) is 5.91 Å². The van der Waals surface area contributed by atoms with Gasteiger partial charge in [0.25, 0.3) is 0 Å². The highest BCUT2D eigenvalue weighted by atomic mass is 19.1. The van der Waals surface area contributed by atoms with Gasteiger partial charge in [-0.15, -0.1) is 0 Å². The lowest BCUT2D eigenvalue weighted by Crippen LogP contribution is -2.41. The van der Waals surface area contributed by atoms with Crippen LogP contribution < -0.4 is 5.32 Å². The molecule has 0 aliphatic carbocycles. The summed E-state index contributed by atoms with van der Waals surface area (Å²) in [6.45, 7) is 0.532. The van der Waals surface area contributed by atoms with E-state index in [1.54, 1.807) is 18.3 Å². The Balaban J connectivity index is 1.75. The van der Waals surface area contributed by atoms with Crippen LogP contribution in [0, 0.1) is 5.82 Å². The molecule has 1 N–H and O–H groups in total. The van der Waals surface area contributed by atoms with E-state index < -0.39 is 18.0 Å². The van der Waals surface area contributed by atoms with Gasteiger partial charge < -0.3 is 9.88 Å². The normalized spacial score (nSPS) is 18.7. The summed E-state index contributed by atoms with van der Waals surface area (Å²) in [5, 5.41) is 3.01. The molecule has 3 aromatic rings. The molecule has 1 aromatic heterocycles. The van der Waals surface area contributed by atoms with E-state index in [2.05, 4.69) is 5.32 Å². The van der Waals surface area contributed by atoms with Crippen LogP contribution in [0.3, 0.4) is 0 Å². The molecule has 2 heterocycles. The van der Waals surface area contributed by atoms with Crippen LogP contribution >= 0.6 is 0 Å². The third-order valence-electron chi connectivity index (χ3n) is 5.00. The van der Waals surface area contributed by atoms with E-state index in [4.69, 9.17) is 0 Å². The van der Waals surface area contributed by atoms with E-state index in [-0.39, 0.29) is 5.91 Å². The van der Waals surface area contributed by atoms with Gasteiger partial charge in [-0.1, -0.05) is 36.4 Å². The van der Waals surface area contributed by atoms with Crippen LogP contribution in [0.2, 0.25) is 0 Å². The summed E-state index contributed by atoms with van der Waals surface area (Å²) in [6, 6.07) is 14.0. The molecule has 4 rings (SSSR count). The fourth-order valence-electron chi connectivity index (χ4n) is 3.73. The van der Waals surface area contributed by atoms with Crippen LogP contribution in [-0.4, -0.2) is 16.5 Å². The Bertz CT molecular complexity index is 936. The van der Waals surface area contributed by atoms with Crippen molar-refractivity contribution in [1.29, 1.82) is 0 Å². The molecule has 1 aliphatic rings.